The fourth-order valence-corrected chi connectivity index (χ4v) is 2.20. The number of hydrogen-bond acceptors (Lipinski definition) is 2. The molecule has 1 aromatic carbocycles. The predicted molar refractivity (Wildman–Crippen MR) is 74.2 cm³/mol. The summed E-state index contributed by atoms with van der Waals surface area (Å²) >= 11 is 6.45. The van der Waals surface area contributed by atoms with Gasteiger partial charge in [-0.3, -0.25) is 4.98 Å². The molecule has 2 atom stereocenters. The number of pyridine rings is 1. The molecule has 2 nitrogen and oxygen atoms in total. The zero-order chi connectivity index (χ0) is 13.8. The van der Waals surface area contributed by atoms with Crippen LogP contribution in [0.4, 0.5) is 4.39 Å². The first kappa shape index (κ1) is 13.8. The molecule has 0 saturated heterocycles. The number of rotatable bonds is 4. The lowest BCUT2D eigenvalue weighted by Crippen LogP contribution is -2.05. The highest BCUT2D eigenvalue weighted by atomic mass is 35.5. The molecular weight excluding hydrogens is 265 g/mol. The Kier molecular flexibility index (Phi) is 4.38. The summed E-state index contributed by atoms with van der Waals surface area (Å²) in [5.74, 6) is -0.157. The van der Waals surface area contributed by atoms with Gasteiger partial charge in [0, 0.05) is 17.8 Å². The summed E-state index contributed by atoms with van der Waals surface area (Å²) in [5.41, 5.74) is 1.73. The van der Waals surface area contributed by atoms with E-state index < -0.39 is 0 Å². The molecule has 0 aliphatic carbocycles. The Morgan fingerprint density at radius 2 is 2.05 bits per heavy atom. The molecule has 0 amide bonds. The van der Waals surface area contributed by atoms with E-state index in [-0.39, 0.29) is 22.9 Å². The van der Waals surface area contributed by atoms with Gasteiger partial charge in [-0.25, -0.2) is 4.39 Å². The Morgan fingerprint density at radius 1 is 1.26 bits per heavy atom. The molecular formula is C15H15ClFNO. The van der Waals surface area contributed by atoms with Crippen LogP contribution >= 0.6 is 11.6 Å². The van der Waals surface area contributed by atoms with Gasteiger partial charge in [0.1, 0.15) is 0 Å². The molecule has 100 valence electrons. The second-order valence-electron chi connectivity index (χ2n) is 4.34. The van der Waals surface area contributed by atoms with Crippen molar-refractivity contribution in [2.24, 2.45) is 0 Å². The fourth-order valence-electron chi connectivity index (χ4n) is 1.93. The summed E-state index contributed by atoms with van der Waals surface area (Å²) in [5, 5.41) is -0.288. The molecule has 0 aliphatic rings. The van der Waals surface area contributed by atoms with E-state index in [0.717, 1.165) is 11.3 Å². The molecule has 0 fully saturated rings. The smallest absolute Gasteiger partial charge is 0.165 e. The van der Waals surface area contributed by atoms with E-state index in [9.17, 15) is 4.39 Å². The number of nitrogens with zero attached hydrogens (tertiary/aromatic N) is 1. The van der Waals surface area contributed by atoms with Gasteiger partial charge in [0.25, 0.3) is 0 Å². The van der Waals surface area contributed by atoms with Crippen LogP contribution in [0.2, 0.25) is 0 Å². The number of halogens is 2. The van der Waals surface area contributed by atoms with Gasteiger partial charge in [0.2, 0.25) is 0 Å². The second-order valence-corrected chi connectivity index (χ2v) is 4.81. The molecule has 2 rings (SSSR count). The lowest BCUT2D eigenvalue weighted by atomic mass is 9.96. The molecule has 0 saturated carbocycles. The van der Waals surface area contributed by atoms with Crippen molar-refractivity contribution < 1.29 is 9.13 Å². The first-order valence-electron chi connectivity index (χ1n) is 6.02. The third-order valence-corrected chi connectivity index (χ3v) is 3.72. The maximum Gasteiger partial charge on any atom is 0.165 e. The number of alkyl halides is 1. The second kappa shape index (κ2) is 6.02. The van der Waals surface area contributed by atoms with Crippen molar-refractivity contribution in [1.29, 1.82) is 0 Å². The van der Waals surface area contributed by atoms with Crippen molar-refractivity contribution in [1.82, 2.24) is 4.98 Å². The van der Waals surface area contributed by atoms with Crippen LogP contribution in [0, 0.1) is 5.82 Å². The number of ether oxygens (including phenoxy) is 1. The standard InChI is InChI=1S/C15H15ClFNO/c1-10(13-5-3-4-8-18-13)15(16)11-6-7-12(17)14(9-11)19-2/h3-10,15H,1-2H3. The number of methoxy groups -OCH3 is 1. The molecule has 0 bridgehead atoms. The van der Waals surface area contributed by atoms with Gasteiger partial charge in [-0.15, -0.1) is 11.6 Å². The van der Waals surface area contributed by atoms with E-state index in [1.165, 1.54) is 13.2 Å². The van der Waals surface area contributed by atoms with Crippen molar-refractivity contribution in [3.8, 4) is 5.75 Å². The van der Waals surface area contributed by atoms with Gasteiger partial charge in [-0.05, 0) is 29.8 Å². The summed E-state index contributed by atoms with van der Waals surface area (Å²) < 4.78 is 18.3. The fraction of sp³-hybridized carbons (Fsp3) is 0.267. The third kappa shape index (κ3) is 3.04. The Balaban J connectivity index is 2.26. The van der Waals surface area contributed by atoms with E-state index in [1.807, 2.05) is 25.1 Å². The number of hydrogen-bond donors (Lipinski definition) is 0. The maximum atomic E-state index is 13.4. The SMILES string of the molecule is COc1cc(C(Cl)C(C)c2ccccn2)ccc1F. The summed E-state index contributed by atoms with van der Waals surface area (Å²) in [7, 11) is 1.44. The zero-order valence-electron chi connectivity index (χ0n) is 10.8. The highest BCUT2D eigenvalue weighted by Gasteiger charge is 2.20. The zero-order valence-corrected chi connectivity index (χ0v) is 11.6. The predicted octanol–water partition coefficient (Wildman–Crippen LogP) is 4.31. The maximum absolute atomic E-state index is 13.4. The minimum Gasteiger partial charge on any atom is -0.494 e. The topological polar surface area (TPSA) is 22.1 Å². The first-order chi connectivity index (χ1) is 9.13. The van der Waals surface area contributed by atoms with Crippen LogP contribution in [0.15, 0.2) is 42.6 Å². The van der Waals surface area contributed by atoms with Gasteiger partial charge in [-0.1, -0.05) is 19.1 Å². The summed E-state index contributed by atoms with van der Waals surface area (Å²) in [6.07, 6.45) is 1.74. The van der Waals surface area contributed by atoms with Crippen LogP contribution in [0.5, 0.6) is 5.75 Å². The molecule has 0 spiro atoms. The van der Waals surface area contributed by atoms with Crippen LogP contribution < -0.4 is 4.74 Å². The van der Waals surface area contributed by atoms with Crippen molar-refractivity contribution in [2.75, 3.05) is 7.11 Å². The molecule has 0 aliphatic heterocycles. The van der Waals surface area contributed by atoms with E-state index in [4.69, 9.17) is 16.3 Å². The largest absolute Gasteiger partial charge is 0.494 e. The number of benzene rings is 1. The lowest BCUT2D eigenvalue weighted by molar-refractivity contribution is 0.385. The van der Waals surface area contributed by atoms with Crippen LogP contribution in [-0.4, -0.2) is 12.1 Å². The highest BCUT2D eigenvalue weighted by Crippen LogP contribution is 2.36. The quantitative estimate of drug-likeness (QED) is 0.778. The van der Waals surface area contributed by atoms with Crippen molar-refractivity contribution in [3.05, 3.63) is 59.7 Å². The average molecular weight is 280 g/mol. The van der Waals surface area contributed by atoms with Gasteiger partial charge < -0.3 is 4.74 Å². The Morgan fingerprint density at radius 3 is 2.68 bits per heavy atom. The molecule has 1 aromatic heterocycles. The van der Waals surface area contributed by atoms with Crippen LogP contribution in [0.3, 0.4) is 0 Å². The minimum absolute atomic E-state index is 0.0260. The van der Waals surface area contributed by atoms with E-state index >= 15 is 0 Å². The monoisotopic (exact) mass is 279 g/mol. The Hall–Kier alpha value is -1.61. The van der Waals surface area contributed by atoms with E-state index in [0.29, 0.717) is 0 Å². The van der Waals surface area contributed by atoms with Gasteiger partial charge in [0.05, 0.1) is 12.5 Å². The van der Waals surface area contributed by atoms with Crippen LogP contribution in [0.25, 0.3) is 0 Å². The van der Waals surface area contributed by atoms with Crippen LogP contribution in [0.1, 0.15) is 29.5 Å². The van der Waals surface area contributed by atoms with Crippen molar-refractivity contribution >= 4 is 11.6 Å². The summed E-state index contributed by atoms with van der Waals surface area (Å²) in [4.78, 5) is 4.30. The highest BCUT2D eigenvalue weighted by molar-refractivity contribution is 6.21. The Labute approximate surface area is 117 Å². The van der Waals surface area contributed by atoms with Gasteiger partial charge in [0.15, 0.2) is 11.6 Å². The molecule has 2 aromatic rings. The van der Waals surface area contributed by atoms with Crippen LogP contribution in [-0.2, 0) is 0 Å². The van der Waals surface area contributed by atoms with E-state index in [2.05, 4.69) is 4.98 Å². The lowest BCUT2D eigenvalue weighted by Gasteiger charge is -2.18. The number of aromatic nitrogens is 1. The normalized spacial score (nSPS) is 13.9. The summed E-state index contributed by atoms with van der Waals surface area (Å²) in [6.45, 7) is 2.00. The first-order valence-corrected chi connectivity index (χ1v) is 6.45. The van der Waals surface area contributed by atoms with Crippen molar-refractivity contribution in [3.63, 3.8) is 0 Å². The van der Waals surface area contributed by atoms with Gasteiger partial charge in [-0.2, -0.15) is 0 Å². The Bertz CT molecular complexity index is 547. The molecule has 2 unspecified atom stereocenters. The van der Waals surface area contributed by atoms with E-state index in [1.54, 1.807) is 18.3 Å². The summed E-state index contributed by atoms with van der Waals surface area (Å²) in [6, 6.07) is 10.4. The molecule has 0 radical (unpaired) electrons. The third-order valence-electron chi connectivity index (χ3n) is 3.09. The minimum atomic E-state index is -0.388. The van der Waals surface area contributed by atoms with Crippen molar-refractivity contribution in [2.45, 2.75) is 18.2 Å². The molecule has 4 heteroatoms. The van der Waals surface area contributed by atoms with Gasteiger partial charge >= 0.3 is 0 Å². The molecule has 0 N–H and O–H groups in total. The average Bonchev–Trinajstić information content (AvgIpc) is 2.47. The molecule has 19 heavy (non-hydrogen) atoms. The molecule has 1 heterocycles.